The number of carbonyl (C=O) groups excluding carboxylic acids is 2. The van der Waals surface area contributed by atoms with Crippen LogP contribution in [0, 0.1) is 5.92 Å². The Morgan fingerprint density at radius 2 is 1.67 bits per heavy atom. The molecule has 188 valence electrons. The van der Waals surface area contributed by atoms with Gasteiger partial charge in [-0.05, 0) is 80.1 Å². The summed E-state index contributed by atoms with van der Waals surface area (Å²) in [5, 5.41) is 2.70. The van der Waals surface area contributed by atoms with Crippen molar-refractivity contribution in [3.8, 4) is 11.3 Å². The molecule has 1 aliphatic heterocycles. The predicted molar refractivity (Wildman–Crippen MR) is 130 cm³/mol. The fourth-order valence-corrected chi connectivity index (χ4v) is 5.39. The van der Waals surface area contributed by atoms with E-state index in [0.29, 0.717) is 28.7 Å². The molecule has 2 aromatic carbocycles. The van der Waals surface area contributed by atoms with Gasteiger partial charge in [-0.15, -0.1) is 0 Å². The number of alkyl halides is 3. The number of fused-ring (bicyclic) bond motifs is 1. The highest BCUT2D eigenvalue weighted by atomic mass is 19.4. The third-order valence-electron chi connectivity index (χ3n) is 7.20. The average molecular weight is 497 g/mol. The summed E-state index contributed by atoms with van der Waals surface area (Å²) in [5.74, 6) is 0.778. The summed E-state index contributed by atoms with van der Waals surface area (Å²) in [6, 6.07) is 14.7. The van der Waals surface area contributed by atoms with Crippen molar-refractivity contribution in [1.82, 2.24) is 4.90 Å². The standard InChI is InChI=1S/C28H27F3N2O3/c29-28(30,31)21-12-10-19(11-13-21)26(34)32-22-8-3-6-20(17-22)24-14-15-25(36-24)27(35)33-16-4-7-18-5-1-2-9-23(18)33/h3,6,8,10-15,17-18,23H,1-2,4-5,7,9,16H2,(H,32,34)/t18-,23-/m0/s1. The van der Waals surface area contributed by atoms with E-state index in [-0.39, 0.29) is 17.5 Å². The molecular formula is C28H27F3N2O3. The summed E-state index contributed by atoms with van der Waals surface area (Å²) < 4.78 is 44.3. The van der Waals surface area contributed by atoms with Gasteiger partial charge in [-0.3, -0.25) is 9.59 Å². The number of benzene rings is 2. The minimum atomic E-state index is -4.46. The smallest absolute Gasteiger partial charge is 0.416 e. The van der Waals surface area contributed by atoms with Crippen LogP contribution in [0.5, 0.6) is 0 Å². The SMILES string of the molecule is O=C(Nc1cccc(-c2ccc(C(=O)N3CCC[C@@H]4CCCC[C@@H]43)o2)c1)c1ccc(C(F)(F)F)cc1. The molecule has 2 fully saturated rings. The average Bonchev–Trinajstić information content (AvgIpc) is 3.38. The number of hydrogen-bond donors (Lipinski definition) is 1. The van der Waals surface area contributed by atoms with Crippen molar-refractivity contribution < 1.29 is 27.2 Å². The van der Waals surface area contributed by atoms with Crippen molar-refractivity contribution in [3.63, 3.8) is 0 Å². The Labute approximate surface area is 207 Å². The van der Waals surface area contributed by atoms with Crippen molar-refractivity contribution >= 4 is 17.5 Å². The van der Waals surface area contributed by atoms with Gasteiger partial charge in [-0.25, -0.2) is 0 Å². The van der Waals surface area contributed by atoms with Crippen LogP contribution in [0.15, 0.2) is 65.1 Å². The molecule has 1 N–H and O–H groups in total. The van der Waals surface area contributed by atoms with Gasteiger partial charge in [-0.2, -0.15) is 13.2 Å². The maximum atomic E-state index is 13.3. The lowest BCUT2D eigenvalue weighted by atomic mass is 9.78. The van der Waals surface area contributed by atoms with Crippen molar-refractivity contribution in [2.24, 2.45) is 5.92 Å². The molecule has 1 saturated carbocycles. The van der Waals surface area contributed by atoms with Crippen molar-refractivity contribution in [3.05, 3.63) is 77.6 Å². The van der Waals surface area contributed by atoms with E-state index in [2.05, 4.69) is 5.32 Å². The Morgan fingerprint density at radius 1 is 0.917 bits per heavy atom. The van der Waals surface area contributed by atoms with Crippen LogP contribution in [0.4, 0.5) is 18.9 Å². The van der Waals surface area contributed by atoms with E-state index in [1.165, 1.54) is 19.3 Å². The Balaban J connectivity index is 1.28. The zero-order chi connectivity index (χ0) is 25.3. The second-order valence-corrected chi connectivity index (χ2v) is 9.53. The number of hydrogen-bond acceptors (Lipinski definition) is 3. The summed E-state index contributed by atoms with van der Waals surface area (Å²) in [4.78, 5) is 27.8. The highest BCUT2D eigenvalue weighted by molar-refractivity contribution is 6.04. The first-order valence-electron chi connectivity index (χ1n) is 12.3. The van der Waals surface area contributed by atoms with Crippen LogP contribution in [-0.4, -0.2) is 29.3 Å². The summed E-state index contributed by atoms with van der Waals surface area (Å²) in [6.07, 6.45) is 2.36. The van der Waals surface area contributed by atoms with E-state index in [1.807, 2.05) is 4.90 Å². The van der Waals surface area contributed by atoms with Gasteiger partial charge in [0.15, 0.2) is 5.76 Å². The van der Waals surface area contributed by atoms with Crippen LogP contribution < -0.4 is 5.32 Å². The molecule has 8 heteroatoms. The molecule has 1 saturated heterocycles. The van der Waals surface area contributed by atoms with Crippen LogP contribution in [0.25, 0.3) is 11.3 Å². The van der Waals surface area contributed by atoms with E-state index in [4.69, 9.17) is 4.42 Å². The van der Waals surface area contributed by atoms with Gasteiger partial charge in [0, 0.05) is 29.4 Å². The largest absolute Gasteiger partial charge is 0.451 e. The summed E-state index contributed by atoms with van der Waals surface area (Å²) in [5.41, 5.74) is 0.436. The van der Waals surface area contributed by atoms with Crippen molar-refractivity contribution in [1.29, 1.82) is 0 Å². The zero-order valence-electron chi connectivity index (χ0n) is 19.7. The Hall–Kier alpha value is -3.55. The van der Waals surface area contributed by atoms with Gasteiger partial charge < -0.3 is 14.6 Å². The molecule has 0 bridgehead atoms. The first-order chi connectivity index (χ1) is 17.3. The number of likely N-dealkylation sites (tertiary alicyclic amines) is 1. The molecule has 2 atom stereocenters. The highest BCUT2D eigenvalue weighted by Crippen LogP contribution is 2.36. The van der Waals surface area contributed by atoms with E-state index in [0.717, 1.165) is 50.1 Å². The molecule has 5 nitrogen and oxygen atoms in total. The first-order valence-corrected chi connectivity index (χ1v) is 12.3. The quantitative estimate of drug-likeness (QED) is 0.423. The first kappa shape index (κ1) is 24.2. The third-order valence-corrected chi connectivity index (χ3v) is 7.20. The molecule has 2 amide bonds. The maximum absolute atomic E-state index is 13.3. The molecule has 5 rings (SSSR count). The molecule has 0 radical (unpaired) electrons. The topological polar surface area (TPSA) is 62.6 Å². The molecule has 36 heavy (non-hydrogen) atoms. The second kappa shape index (κ2) is 9.84. The van der Waals surface area contributed by atoms with Gasteiger partial charge in [0.05, 0.1) is 5.56 Å². The number of rotatable bonds is 4. The molecular weight excluding hydrogens is 469 g/mol. The molecule has 3 aromatic rings. The second-order valence-electron chi connectivity index (χ2n) is 9.53. The van der Waals surface area contributed by atoms with Crippen molar-refractivity contribution in [2.45, 2.75) is 50.7 Å². The Bertz CT molecular complexity index is 1250. The number of carbonyl (C=O) groups is 2. The fraction of sp³-hybridized carbons (Fsp3) is 0.357. The maximum Gasteiger partial charge on any atom is 0.416 e. The van der Waals surface area contributed by atoms with Gasteiger partial charge in [-0.1, -0.05) is 25.0 Å². The Morgan fingerprint density at radius 3 is 2.44 bits per heavy atom. The molecule has 0 unspecified atom stereocenters. The van der Waals surface area contributed by atoms with Crippen LogP contribution in [0.2, 0.25) is 0 Å². The summed E-state index contributed by atoms with van der Waals surface area (Å²) in [6.45, 7) is 0.751. The van der Waals surface area contributed by atoms with Gasteiger partial charge in [0.25, 0.3) is 11.8 Å². The third kappa shape index (κ3) is 5.03. The molecule has 2 aliphatic rings. The van der Waals surface area contributed by atoms with Gasteiger partial charge in [0.1, 0.15) is 5.76 Å². The lowest BCUT2D eigenvalue weighted by Gasteiger charge is -2.43. The molecule has 0 spiro atoms. The van der Waals surface area contributed by atoms with Crippen LogP contribution in [0.3, 0.4) is 0 Å². The van der Waals surface area contributed by atoms with Crippen molar-refractivity contribution in [2.75, 3.05) is 11.9 Å². The minimum absolute atomic E-state index is 0.0791. The number of piperidine rings is 1. The fourth-order valence-electron chi connectivity index (χ4n) is 5.39. The number of anilines is 1. The lowest BCUT2D eigenvalue weighted by Crippen LogP contribution is -2.49. The molecule has 1 aliphatic carbocycles. The predicted octanol–water partition coefficient (Wildman–Crippen LogP) is 7.01. The van der Waals surface area contributed by atoms with E-state index < -0.39 is 17.6 Å². The Kier molecular flexibility index (Phi) is 6.60. The van der Waals surface area contributed by atoms with E-state index >= 15 is 0 Å². The number of furan rings is 1. The zero-order valence-corrected chi connectivity index (χ0v) is 19.7. The minimum Gasteiger partial charge on any atom is -0.451 e. The van der Waals surface area contributed by atoms with Crippen LogP contribution in [0.1, 0.15) is 65.0 Å². The van der Waals surface area contributed by atoms with Crippen LogP contribution in [-0.2, 0) is 6.18 Å². The highest BCUT2D eigenvalue weighted by Gasteiger charge is 2.37. The monoisotopic (exact) mass is 496 g/mol. The van der Waals surface area contributed by atoms with E-state index in [9.17, 15) is 22.8 Å². The molecule has 1 aromatic heterocycles. The van der Waals surface area contributed by atoms with Gasteiger partial charge >= 0.3 is 6.18 Å². The number of nitrogens with one attached hydrogen (secondary N) is 1. The van der Waals surface area contributed by atoms with Crippen LogP contribution >= 0.6 is 0 Å². The van der Waals surface area contributed by atoms with E-state index in [1.54, 1.807) is 36.4 Å². The lowest BCUT2D eigenvalue weighted by molar-refractivity contribution is -0.137. The number of nitrogens with zero attached hydrogens (tertiary/aromatic N) is 1. The molecule has 2 heterocycles. The number of halogens is 3. The number of amides is 2. The summed E-state index contributed by atoms with van der Waals surface area (Å²) >= 11 is 0. The van der Waals surface area contributed by atoms with Gasteiger partial charge in [0.2, 0.25) is 0 Å². The summed E-state index contributed by atoms with van der Waals surface area (Å²) in [7, 11) is 0. The normalized spacial score (nSPS) is 20.0.